The number of alkyl halides is 1. The highest BCUT2D eigenvalue weighted by Gasteiger charge is 2.18. The maximum absolute atomic E-state index is 11.9. The van der Waals surface area contributed by atoms with E-state index in [9.17, 15) is 4.79 Å². The van der Waals surface area contributed by atoms with Gasteiger partial charge in [0.15, 0.2) is 0 Å². The van der Waals surface area contributed by atoms with Gasteiger partial charge in [-0.25, -0.2) is 4.98 Å². The Balaban J connectivity index is 2.19. The van der Waals surface area contributed by atoms with Gasteiger partial charge < -0.3 is 5.32 Å². The number of amides is 1. The molecule has 1 N–H and O–H groups in total. The fourth-order valence-corrected chi connectivity index (χ4v) is 2.61. The third-order valence-electron chi connectivity index (χ3n) is 2.60. The van der Waals surface area contributed by atoms with Crippen molar-refractivity contribution in [1.29, 1.82) is 0 Å². The fourth-order valence-electron chi connectivity index (χ4n) is 1.63. The van der Waals surface area contributed by atoms with Crippen molar-refractivity contribution < 1.29 is 4.79 Å². The molecule has 1 aromatic heterocycles. The van der Waals surface area contributed by atoms with Crippen LogP contribution in [0.4, 0.5) is 5.69 Å². The third-order valence-corrected chi connectivity index (χ3v) is 5.01. The first-order valence-electron chi connectivity index (χ1n) is 5.79. The molecule has 1 aromatic carbocycles. The highest BCUT2D eigenvalue weighted by Crippen LogP contribution is 2.25. The minimum atomic E-state index is -0.170. The topological polar surface area (TPSA) is 42.0 Å². The Morgan fingerprint density at radius 3 is 2.83 bits per heavy atom. The number of rotatable bonds is 3. The number of thiazole rings is 1. The molecule has 96 valence electrons. The molecule has 0 fully saturated rings. The lowest BCUT2D eigenvalue weighted by molar-refractivity contribution is -0.116. The third kappa shape index (κ3) is 2.90. The van der Waals surface area contributed by atoms with Crippen molar-refractivity contribution in [3.05, 3.63) is 23.2 Å². The Bertz CT molecular complexity index is 579. The van der Waals surface area contributed by atoms with Gasteiger partial charge in [0.1, 0.15) is 0 Å². The van der Waals surface area contributed by atoms with E-state index in [4.69, 9.17) is 0 Å². The first-order valence-corrected chi connectivity index (χ1v) is 7.52. The van der Waals surface area contributed by atoms with Crippen molar-refractivity contribution in [2.75, 3.05) is 5.32 Å². The number of carbonyl (C=O) groups is 1. The largest absolute Gasteiger partial charge is 0.325 e. The van der Waals surface area contributed by atoms with E-state index in [2.05, 4.69) is 26.2 Å². The highest BCUT2D eigenvalue weighted by molar-refractivity contribution is 9.10. The van der Waals surface area contributed by atoms with Gasteiger partial charge in [0.05, 0.1) is 20.1 Å². The van der Waals surface area contributed by atoms with E-state index < -0.39 is 0 Å². The number of aromatic nitrogens is 1. The number of halogens is 1. The molecule has 1 atom stereocenters. The Morgan fingerprint density at radius 2 is 2.17 bits per heavy atom. The standard InChI is InChI=1S/C13H15BrN2OS/c1-7(2)12(14)13(17)16-9-4-5-10-11(6-9)18-8(3)15-10/h4-7,12H,1-3H3,(H,16,17). The Morgan fingerprint density at radius 1 is 1.44 bits per heavy atom. The lowest BCUT2D eigenvalue weighted by Gasteiger charge is -2.13. The molecule has 0 aliphatic carbocycles. The molecular formula is C13H15BrN2OS. The fraction of sp³-hybridized carbons (Fsp3) is 0.385. The Labute approximate surface area is 119 Å². The van der Waals surface area contributed by atoms with Crippen molar-refractivity contribution in [2.24, 2.45) is 5.92 Å². The van der Waals surface area contributed by atoms with Crippen molar-refractivity contribution in [3.8, 4) is 0 Å². The summed E-state index contributed by atoms with van der Waals surface area (Å²) in [5.74, 6) is 0.255. The van der Waals surface area contributed by atoms with Crippen LogP contribution in [-0.4, -0.2) is 15.7 Å². The minimum absolute atomic E-state index is 0.00872. The first-order chi connectivity index (χ1) is 8.47. The van der Waals surface area contributed by atoms with Crippen molar-refractivity contribution in [1.82, 2.24) is 4.98 Å². The van der Waals surface area contributed by atoms with Gasteiger partial charge in [0, 0.05) is 5.69 Å². The summed E-state index contributed by atoms with van der Waals surface area (Å²) in [5, 5.41) is 3.95. The van der Waals surface area contributed by atoms with Crippen LogP contribution in [0.1, 0.15) is 18.9 Å². The van der Waals surface area contributed by atoms with Crippen LogP contribution in [0.5, 0.6) is 0 Å². The summed E-state index contributed by atoms with van der Waals surface area (Å²) in [6.07, 6.45) is 0. The smallest absolute Gasteiger partial charge is 0.238 e. The van der Waals surface area contributed by atoms with Crippen molar-refractivity contribution >= 4 is 49.1 Å². The summed E-state index contributed by atoms with van der Waals surface area (Å²) < 4.78 is 1.10. The molecule has 3 nitrogen and oxygen atoms in total. The quantitative estimate of drug-likeness (QED) is 0.867. The Kier molecular flexibility index (Phi) is 4.02. The number of anilines is 1. The number of aryl methyl sites for hydroxylation is 1. The zero-order valence-electron chi connectivity index (χ0n) is 10.5. The molecule has 0 saturated heterocycles. The molecular weight excluding hydrogens is 312 g/mol. The number of fused-ring (bicyclic) bond motifs is 1. The molecule has 0 spiro atoms. The van der Waals surface area contributed by atoms with Gasteiger partial charge in [0.2, 0.25) is 5.91 Å². The molecule has 2 aromatic rings. The number of hydrogen-bond acceptors (Lipinski definition) is 3. The van der Waals surface area contributed by atoms with Crippen molar-refractivity contribution in [2.45, 2.75) is 25.6 Å². The molecule has 0 radical (unpaired) electrons. The molecule has 2 rings (SSSR count). The predicted molar refractivity (Wildman–Crippen MR) is 80.5 cm³/mol. The van der Waals surface area contributed by atoms with Gasteiger partial charge in [-0.15, -0.1) is 11.3 Å². The van der Waals surface area contributed by atoms with E-state index in [1.807, 2.05) is 39.0 Å². The maximum Gasteiger partial charge on any atom is 0.238 e. The summed E-state index contributed by atoms with van der Waals surface area (Å²) in [4.78, 5) is 16.1. The van der Waals surface area contributed by atoms with Gasteiger partial charge in [0.25, 0.3) is 0 Å². The van der Waals surface area contributed by atoms with Crippen LogP contribution in [0.25, 0.3) is 10.2 Å². The molecule has 0 aliphatic heterocycles. The number of hydrogen-bond donors (Lipinski definition) is 1. The van der Waals surface area contributed by atoms with E-state index in [1.54, 1.807) is 11.3 Å². The zero-order valence-corrected chi connectivity index (χ0v) is 12.9. The Hall–Kier alpha value is -0.940. The minimum Gasteiger partial charge on any atom is -0.325 e. The van der Waals surface area contributed by atoms with Crippen LogP contribution < -0.4 is 5.32 Å². The van der Waals surface area contributed by atoms with Gasteiger partial charge >= 0.3 is 0 Å². The highest BCUT2D eigenvalue weighted by atomic mass is 79.9. The molecule has 1 amide bonds. The van der Waals surface area contributed by atoms with Gasteiger partial charge in [-0.3, -0.25) is 4.79 Å². The second-order valence-corrected chi connectivity index (χ2v) is 6.77. The van der Waals surface area contributed by atoms with E-state index in [1.165, 1.54) is 0 Å². The normalized spacial score (nSPS) is 12.9. The van der Waals surface area contributed by atoms with E-state index in [0.717, 1.165) is 20.9 Å². The lowest BCUT2D eigenvalue weighted by atomic mass is 10.1. The molecule has 0 aliphatic rings. The first kappa shape index (κ1) is 13.5. The number of carbonyl (C=O) groups excluding carboxylic acids is 1. The second kappa shape index (κ2) is 5.36. The molecule has 0 saturated carbocycles. The van der Waals surface area contributed by atoms with Crippen LogP contribution in [0, 0.1) is 12.8 Å². The van der Waals surface area contributed by atoms with E-state index in [0.29, 0.717) is 0 Å². The predicted octanol–water partition coefficient (Wildman–Crippen LogP) is 3.96. The molecule has 0 bridgehead atoms. The SMILES string of the molecule is Cc1nc2ccc(NC(=O)C(Br)C(C)C)cc2s1. The van der Waals surface area contributed by atoms with Crippen LogP contribution >= 0.6 is 27.3 Å². The average Bonchev–Trinajstić information content (AvgIpc) is 2.67. The van der Waals surface area contributed by atoms with Gasteiger partial charge in [-0.1, -0.05) is 29.8 Å². The van der Waals surface area contributed by atoms with Crippen LogP contribution in [-0.2, 0) is 4.79 Å². The van der Waals surface area contributed by atoms with Crippen molar-refractivity contribution in [3.63, 3.8) is 0 Å². The molecule has 18 heavy (non-hydrogen) atoms. The zero-order chi connectivity index (χ0) is 13.3. The van der Waals surface area contributed by atoms with Crippen LogP contribution in [0.2, 0.25) is 0 Å². The molecule has 5 heteroatoms. The summed E-state index contributed by atoms with van der Waals surface area (Å²) >= 11 is 5.03. The van der Waals surface area contributed by atoms with E-state index in [-0.39, 0.29) is 16.7 Å². The average molecular weight is 327 g/mol. The van der Waals surface area contributed by atoms with Gasteiger partial charge in [-0.05, 0) is 31.0 Å². The van der Waals surface area contributed by atoms with Crippen LogP contribution in [0.15, 0.2) is 18.2 Å². The number of benzene rings is 1. The maximum atomic E-state index is 11.9. The summed E-state index contributed by atoms with van der Waals surface area (Å²) in [5.41, 5.74) is 1.80. The summed E-state index contributed by atoms with van der Waals surface area (Å²) in [6.45, 7) is 6.00. The van der Waals surface area contributed by atoms with Crippen LogP contribution in [0.3, 0.4) is 0 Å². The summed E-state index contributed by atoms with van der Waals surface area (Å²) in [6, 6.07) is 5.80. The number of nitrogens with zero attached hydrogens (tertiary/aromatic N) is 1. The second-order valence-electron chi connectivity index (χ2n) is 4.55. The number of nitrogens with one attached hydrogen (secondary N) is 1. The van der Waals surface area contributed by atoms with Gasteiger partial charge in [-0.2, -0.15) is 0 Å². The molecule has 1 heterocycles. The lowest BCUT2D eigenvalue weighted by Crippen LogP contribution is -2.26. The monoisotopic (exact) mass is 326 g/mol. The van der Waals surface area contributed by atoms with E-state index >= 15 is 0 Å². The molecule has 1 unspecified atom stereocenters. The summed E-state index contributed by atoms with van der Waals surface area (Å²) in [7, 11) is 0.